The van der Waals surface area contributed by atoms with Gasteiger partial charge in [-0.15, -0.1) is 0 Å². The van der Waals surface area contributed by atoms with Crippen molar-refractivity contribution in [3.63, 3.8) is 0 Å². The van der Waals surface area contributed by atoms with Gasteiger partial charge >= 0.3 is 0 Å². The van der Waals surface area contributed by atoms with Gasteiger partial charge in [-0.3, -0.25) is 14.3 Å². The van der Waals surface area contributed by atoms with E-state index in [1.54, 1.807) is 35.2 Å². The molecule has 11 heteroatoms. The lowest BCUT2D eigenvalue weighted by molar-refractivity contribution is -0.143. The Hall–Kier alpha value is -3.73. The zero-order chi connectivity index (χ0) is 30.4. The molecule has 1 aliphatic carbocycles. The van der Waals surface area contributed by atoms with E-state index in [0.717, 1.165) is 31.2 Å². The molecule has 3 aromatic rings. The SMILES string of the molecule is CCCC(=O)N(Cc1ccc(-c2ccccc2S(=O)(=O)Nc2noc(C)c2F)cc1)[C@H](C(=O)NC1CCCC1)C(C)C. The maximum Gasteiger partial charge on any atom is 0.263 e. The number of hydrogen-bond acceptors (Lipinski definition) is 6. The van der Waals surface area contributed by atoms with Crippen molar-refractivity contribution in [1.82, 2.24) is 15.4 Å². The Morgan fingerprint density at radius 2 is 1.76 bits per heavy atom. The van der Waals surface area contributed by atoms with Gasteiger partial charge < -0.3 is 14.7 Å². The number of nitrogens with zero attached hydrogens (tertiary/aromatic N) is 2. The predicted octanol–water partition coefficient (Wildman–Crippen LogP) is 5.80. The molecule has 1 saturated carbocycles. The fourth-order valence-electron chi connectivity index (χ4n) is 5.39. The zero-order valence-corrected chi connectivity index (χ0v) is 25.3. The number of carbonyl (C=O) groups is 2. The second-order valence-electron chi connectivity index (χ2n) is 11.2. The normalized spacial score (nSPS) is 14.6. The molecule has 2 N–H and O–H groups in total. The number of aryl methyl sites for hydroxylation is 1. The van der Waals surface area contributed by atoms with Crippen LogP contribution in [0.25, 0.3) is 11.1 Å². The van der Waals surface area contributed by atoms with Gasteiger partial charge in [-0.05, 0) is 49.3 Å². The Balaban J connectivity index is 1.59. The maximum atomic E-state index is 14.2. The van der Waals surface area contributed by atoms with E-state index in [9.17, 15) is 22.4 Å². The Morgan fingerprint density at radius 1 is 1.10 bits per heavy atom. The molecule has 1 aromatic heterocycles. The number of halogens is 1. The summed E-state index contributed by atoms with van der Waals surface area (Å²) in [6.45, 7) is 7.43. The molecule has 0 saturated heterocycles. The molecule has 0 spiro atoms. The minimum atomic E-state index is -4.20. The average Bonchev–Trinajstić information content (AvgIpc) is 3.58. The van der Waals surface area contributed by atoms with E-state index in [1.807, 2.05) is 32.9 Å². The Bertz CT molecular complexity index is 1500. The van der Waals surface area contributed by atoms with Crippen LogP contribution in [0.15, 0.2) is 57.9 Å². The van der Waals surface area contributed by atoms with E-state index in [2.05, 4.69) is 15.2 Å². The molecule has 1 aliphatic rings. The van der Waals surface area contributed by atoms with Crippen LogP contribution in [-0.2, 0) is 26.2 Å². The first kappa shape index (κ1) is 31.2. The van der Waals surface area contributed by atoms with Crippen LogP contribution in [-0.4, -0.2) is 42.4 Å². The number of rotatable bonds is 12. The Labute approximate surface area is 246 Å². The van der Waals surface area contributed by atoms with E-state index in [-0.39, 0.29) is 41.0 Å². The Kier molecular flexibility index (Phi) is 10.0. The van der Waals surface area contributed by atoms with E-state index in [0.29, 0.717) is 24.0 Å². The number of benzene rings is 2. The molecule has 9 nitrogen and oxygen atoms in total. The minimum Gasteiger partial charge on any atom is -0.356 e. The first-order valence-corrected chi connectivity index (χ1v) is 15.9. The van der Waals surface area contributed by atoms with E-state index in [1.165, 1.54) is 13.0 Å². The zero-order valence-electron chi connectivity index (χ0n) is 24.5. The van der Waals surface area contributed by atoms with Crippen molar-refractivity contribution in [2.45, 2.75) is 89.7 Å². The highest BCUT2D eigenvalue weighted by molar-refractivity contribution is 7.92. The molecule has 42 heavy (non-hydrogen) atoms. The molecule has 0 radical (unpaired) electrons. The van der Waals surface area contributed by atoms with Gasteiger partial charge in [-0.25, -0.2) is 8.42 Å². The maximum absolute atomic E-state index is 14.2. The summed E-state index contributed by atoms with van der Waals surface area (Å²) in [5.74, 6) is -1.80. The molecule has 1 atom stereocenters. The number of anilines is 1. The average molecular weight is 599 g/mol. The highest BCUT2D eigenvalue weighted by Crippen LogP contribution is 2.30. The van der Waals surface area contributed by atoms with Crippen LogP contribution in [0.5, 0.6) is 0 Å². The molecule has 0 bridgehead atoms. The van der Waals surface area contributed by atoms with Gasteiger partial charge in [-0.2, -0.15) is 4.39 Å². The monoisotopic (exact) mass is 598 g/mol. The van der Waals surface area contributed by atoms with Gasteiger partial charge in [0.25, 0.3) is 10.0 Å². The molecule has 1 fully saturated rings. The lowest BCUT2D eigenvalue weighted by Crippen LogP contribution is -2.53. The van der Waals surface area contributed by atoms with Gasteiger partial charge in [0.1, 0.15) is 6.04 Å². The molecular weight excluding hydrogens is 559 g/mol. The summed E-state index contributed by atoms with van der Waals surface area (Å²) in [5.41, 5.74) is 1.83. The summed E-state index contributed by atoms with van der Waals surface area (Å²) < 4.78 is 47.5. The topological polar surface area (TPSA) is 122 Å². The van der Waals surface area contributed by atoms with Crippen molar-refractivity contribution in [3.8, 4) is 11.1 Å². The summed E-state index contributed by atoms with van der Waals surface area (Å²) in [4.78, 5) is 28.3. The van der Waals surface area contributed by atoms with Gasteiger partial charge in [0.05, 0.1) is 4.90 Å². The molecule has 4 rings (SSSR count). The number of aromatic nitrogens is 1. The summed E-state index contributed by atoms with van der Waals surface area (Å²) in [6, 6.07) is 13.1. The molecule has 2 aromatic carbocycles. The molecule has 0 unspecified atom stereocenters. The first-order chi connectivity index (χ1) is 20.0. The number of carbonyl (C=O) groups excluding carboxylic acids is 2. The van der Waals surface area contributed by atoms with E-state index >= 15 is 0 Å². The van der Waals surface area contributed by atoms with Crippen LogP contribution < -0.4 is 10.0 Å². The fourth-order valence-corrected chi connectivity index (χ4v) is 6.62. The summed E-state index contributed by atoms with van der Waals surface area (Å²) in [7, 11) is -4.20. The third kappa shape index (κ3) is 7.18. The third-order valence-electron chi connectivity index (χ3n) is 7.54. The van der Waals surface area contributed by atoms with E-state index < -0.39 is 27.7 Å². The number of amides is 2. The van der Waals surface area contributed by atoms with Crippen LogP contribution in [0.4, 0.5) is 10.2 Å². The van der Waals surface area contributed by atoms with Crippen molar-refractivity contribution in [2.75, 3.05) is 4.72 Å². The number of sulfonamides is 1. The van der Waals surface area contributed by atoms with E-state index in [4.69, 9.17) is 4.52 Å². The molecule has 1 heterocycles. The highest BCUT2D eigenvalue weighted by atomic mass is 32.2. The van der Waals surface area contributed by atoms with Crippen molar-refractivity contribution in [3.05, 3.63) is 65.7 Å². The molecule has 226 valence electrons. The number of hydrogen-bond donors (Lipinski definition) is 2. The Morgan fingerprint density at radius 3 is 2.36 bits per heavy atom. The highest BCUT2D eigenvalue weighted by Gasteiger charge is 2.33. The third-order valence-corrected chi connectivity index (χ3v) is 8.94. The lowest BCUT2D eigenvalue weighted by Gasteiger charge is -2.34. The number of nitrogens with one attached hydrogen (secondary N) is 2. The predicted molar refractivity (Wildman–Crippen MR) is 158 cm³/mol. The van der Waals surface area contributed by atoms with Crippen LogP contribution in [0.1, 0.15) is 70.6 Å². The molecular formula is C31H39FN4O5S. The largest absolute Gasteiger partial charge is 0.356 e. The summed E-state index contributed by atoms with van der Waals surface area (Å²) in [6.07, 6.45) is 5.11. The lowest BCUT2D eigenvalue weighted by atomic mass is 9.98. The van der Waals surface area contributed by atoms with Crippen molar-refractivity contribution < 1.29 is 26.9 Å². The van der Waals surface area contributed by atoms with Crippen molar-refractivity contribution >= 4 is 27.7 Å². The molecule has 0 aliphatic heterocycles. The van der Waals surface area contributed by atoms with Gasteiger partial charge in [0.15, 0.2) is 5.76 Å². The van der Waals surface area contributed by atoms with Crippen molar-refractivity contribution in [2.24, 2.45) is 5.92 Å². The second-order valence-corrected chi connectivity index (χ2v) is 12.8. The van der Waals surface area contributed by atoms with Gasteiger partial charge in [0.2, 0.25) is 23.4 Å². The van der Waals surface area contributed by atoms with Gasteiger partial charge in [-0.1, -0.05) is 81.2 Å². The van der Waals surface area contributed by atoms with Crippen molar-refractivity contribution in [1.29, 1.82) is 0 Å². The molecule has 2 amide bonds. The summed E-state index contributed by atoms with van der Waals surface area (Å²) in [5, 5.41) is 6.63. The quantitative estimate of drug-likeness (QED) is 0.272. The van der Waals surface area contributed by atoms with Gasteiger partial charge in [0, 0.05) is 24.6 Å². The summed E-state index contributed by atoms with van der Waals surface area (Å²) >= 11 is 0. The van der Waals surface area contributed by atoms with Crippen LogP contribution in [0.2, 0.25) is 0 Å². The fraction of sp³-hybridized carbons (Fsp3) is 0.452. The minimum absolute atomic E-state index is 0.0546. The van der Waals surface area contributed by atoms with Crippen LogP contribution >= 0.6 is 0 Å². The smallest absolute Gasteiger partial charge is 0.263 e. The van der Waals surface area contributed by atoms with Crippen LogP contribution in [0, 0.1) is 18.7 Å². The second kappa shape index (κ2) is 13.5. The standard InChI is InChI=1S/C31H39FN4O5S/c1-5-10-27(37)36(29(20(2)3)31(38)33-24-11-6-7-12-24)19-22-15-17-23(18-16-22)25-13-8-9-14-26(25)42(39,40)35-30-28(32)21(4)41-34-30/h8-9,13-18,20,24,29H,5-7,10-12,19H2,1-4H3,(H,33,38)(H,34,35)/t29-/m0/s1. The first-order valence-electron chi connectivity index (χ1n) is 14.4. The van der Waals surface area contributed by atoms with Crippen LogP contribution in [0.3, 0.4) is 0 Å².